The SMILES string of the molecule is Cc1noc([C@H](CC(=O)OC(C)(C)C)NC(=O)OC(C)(C)C)c1-c1sc(C)c(C)c1C(=O)C1CCOCC1. The Bertz CT molecular complexity index is 1150. The number of hydrogen-bond donors (Lipinski definition) is 1. The van der Waals surface area contributed by atoms with Crippen LogP contribution in [0.2, 0.25) is 0 Å². The van der Waals surface area contributed by atoms with Gasteiger partial charge in [-0.05, 0) is 80.7 Å². The van der Waals surface area contributed by atoms with Crippen LogP contribution in [0.4, 0.5) is 4.79 Å². The predicted molar refractivity (Wildman–Crippen MR) is 144 cm³/mol. The molecule has 0 aliphatic carbocycles. The summed E-state index contributed by atoms with van der Waals surface area (Å²) in [6, 6.07) is -0.926. The third-order valence-electron chi connectivity index (χ3n) is 6.14. The second kappa shape index (κ2) is 11.6. The van der Waals surface area contributed by atoms with Crippen molar-refractivity contribution in [2.45, 2.75) is 98.8 Å². The highest BCUT2D eigenvalue weighted by Crippen LogP contribution is 2.43. The first kappa shape index (κ1) is 29.8. The van der Waals surface area contributed by atoms with Crippen molar-refractivity contribution in [1.82, 2.24) is 10.5 Å². The van der Waals surface area contributed by atoms with Crippen molar-refractivity contribution in [3.8, 4) is 10.4 Å². The monoisotopic (exact) mass is 548 g/mol. The number of carbonyl (C=O) groups is 3. The molecule has 0 radical (unpaired) electrons. The van der Waals surface area contributed by atoms with Gasteiger partial charge in [-0.1, -0.05) is 5.16 Å². The van der Waals surface area contributed by atoms with Crippen molar-refractivity contribution in [2.24, 2.45) is 5.92 Å². The van der Waals surface area contributed by atoms with Crippen LogP contribution in [0.25, 0.3) is 10.4 Å². The summed E-state index contributed by atoms with van der Waals surface area (Å²) in [5.41, 5.74) is 1.26. The van der Waals surface area contributed by atoms with Crippen molar-refractivity contribution in [2.75, 3.05) is 13.2 Å². The van der Waals surface area contributed by atoms with E-state index in [0.717, 1.165) is 15.3 Å². The standard InChI is InChI=1S/C28H40N2O7S/c1-15-17(3)38-25(21(15)23(32)18-10-12-34-13-11-18)22-16(2)30-37-24(22)19(14-20(31)35-27(4,5)6)29-26(33)36-28(7,8)9/h18-19H,10-14H2,1-9H3,(H,29,33)/t19-/m0/s1. The van der Waals surface area contributed by atoms with E-state index in [0.29, 0.717) is 42.9 Å². The van der Waals surface area contributed by atoms with Crippen molar-refractivity contribution in [3.63, 3.8) is 0 Å². The number of carbonyl (C=O) groups excluding carboxylic acids is 3. The Hall–Kier alpha value is -2.72. The molecule has 1 amide bonds. The van der Waals surface area contributed by atoms with E-state index in [2.05, 4.69) is 10.5 Å². The van der Waals surface area contributed by atoms with E-state index in [1.54, 1.807) is 48.5 Å². The van der Waals surface area contributed by atoms with E-state index in [4.69, 9.17) is 18.7 Å². The lowest BCUT2D eigenvalue weighted by atomic mass is 9.87. The fourth-order valence-electron chi connectivity index (χ4n) is 4.37. The lowest BCUT2D eigenvalue weighted by Gasteiger charge is -2.24. The van der Waals surface area contributed by atoms with E-state index >= 15 is 0 Å². The quantitative estimate of drug-likeness (QED) is 0.319. The zero-order valence-corrected chi connectivity index (χ0v) is 24.7. The van der Waals surface area contributed by atoms with Crippen molar-refractivity contribution in [3.05, 3.63) is 27.5 Å². The number of ketones is 1. The molecule has 1 saturated heterocycles. The third kappa shape index (κ3) is 7.44. The first-order chi connectivity index (χ1) is 17.6. The van der Waals surface area contributed by atoms with E-state index in [1.165, 1.54) is 11.3 Å². The summed E-state index contributed by atoms with van der Waals surface area (Å²) in [6.07, 6.45) is 0.431. The molecule has 3 heterocycles. The zero-order chi connectivity index (χ0) is 28.4. The second-order valence-corrected chi connectivity index (χ2v) is 13.0. The van der Waals surface area contributed by atoms with Gasteiger partial charge in [-0.25, -0.2) is 4.79 Å². The maximum absolute atomic E-state index is 13.7. The first-order valence-electron chi connectivity index (χ1n) is 13.0. The Labute approximate surface area is 228 Å². The smallest absolute Gasteiger partial charge is 0.408 e. The number of aromatic nitrogens is 1. The minimum Gasteiger partial charge on any atom is -0.460 e. The summed E-state index contributed by atoms with van der Waals surface area (Å²) in [7, 11) is 0. The molecule has 0 bridgehead atoms. The summed E-state index contributed by atoms with van der Waals surface area (Å²) in [5.74, 6) is -0.297. The van der Waals surface area contributed by atoms with E-state index < -0.39 is 29.3 Å². The van der Waals surface area contributed by atoms with Crippen LogP contribution in [-0.2, 0) is 19.0 Å². The molecule has 210 valence electrons. The number of esters is 1. The summed E-state index contributed by atoms with van der Waals surface area (Å²) in [6.45, 7) is 17.4. The molecule has 0 saturated carbocycles. The van der Waals surface area contributed by atoms with Crippen LogP contribution in [0, 0.1) is 26.7 Å². The number of aryl methyl sites for hydroxylation is 2. The minimum atomic E-state index is -0.926. The topological polar surface area (TPSA) is 117 Å². The van der Waals surface area contributed by atoms with Gasteiger partial charge >= 0.3 is 12.1 Å². The van der Waals surface area contributed by atoms with E-state index in [9.17, 15) is 14.4 Å². The molecule has 0 unspecified atom stereocenters. The largest absolute Gasteiger partial charge is 0.460 e. The van der Waals surface area contributed by atoms with Gasteiger partial charge in [0.05, 0.1) is 22.6 Å². The highest BCUT2D eigenvalue weighted by Gasteiger charge is 2.35. The molecule has 0 aromatic carbocycles. The summed E-state index contributed by atoms with van der Waals surface area (Å²) in [5, 5.41) is 6.96. The number of ether oxygens (including phenoxy) is 3. The van der Waals surface area contributed by atoms with E-state index in [1.807, 2.05) is 13.8 Å². The second-order valence-electron chi connectivity index (χ2n) is 11.7. The van der Waals surface area contributed by atoms with Crippen LogP contribution in [0.1, 0.15) is 99.1 Å². The minimum absolute atomic E-state index is 0.0699. The Kier molecular flexibility index (Phi) is 9.08. The normalized spacial score (nSPS) is 15.7. The molecular formula is C28H40N2O7S. The zero-order valence-electron chi connectivity index (χ0n) is 23.9. The number of alkyl carbamates (subject to hydrolysis) is 1. The number of thiophene rings is 1. The molecule has 1 aliphatic rings. The summed E-state index contributed by atoms with van der Waals surface area (Å²) < 4.78 is 22.2. The van der Waals surface area contributed by atoms with Gasteiger partial charge < -0.3 is 24.1 Å². The molecule has 3 rings (SSSR count). The number of Topliss-reactive ketones (excluding diaryl/α,β-unsaturated/α-hetero) is 1. The summed E-state index contributed by atoms with van der Waals surface area (Å²) in [4.78, 5) is 41.1. The highest BCUT2D eigenvalue weighted by atomic mass is 32.1. The number of nitrogens with zero attached hydrogens (tertiary/aromatic N) is 1. The molecule has 1 N–H and O–H groups in total. The molecule has 2 aromatic heterocycles. The average Bonchev–Trinajstić information content (AvgIpc) is 3.29. The number of rotatable bonds is 7. The fraction of sp³-hybridized carbons (Fsp3) is 0.643. The Morgan fingerprint density at radius 2 is 1.63 bits per heavy atom. The van der Waals surface area contributed by atoms with Crippen molar-refractivity contribution < 1.29 is 33.1 Å². The Balaban J connectivity index is 2.07. The molecular weight excluding hydrogens is 508 g/mol. The lowest BCUT2D eigenvalue weighted by molar-refractivity contribution is -0.155. The van der Waals surface area contributed by atoms with Crippen LogP contribution >= 0.6 is 11.3 Å². The van der Waals surface area contributed by atoms with Crippen LogP contribution in [0.5, 0.6) is 0 Å². The van der Waals surface area contributed by atoms with Gasteiger partial charge in [0.15, 0.2) is 11.5 Å². The average molecular weight is 549 g/mol. The molecule has 1 aliphatic heterocycles. The molecule has 9 nitrogen and oxygen atoms in total. The lowest BCUT2D eigenvalue weighted by Crippen LogP contribution is -2.36. The predicted octanol–water partition coefficient (Wildman–Crippen LogP) is 6.24. The number of nitrogens with one attached hydrogen (secondary N) is 1. The highest BCUT2D eigenvalue weighted by molar-refractivity contribution is 7.16. The van der Waals surface area contributed by atoms with Gasteiger partial charge in [-0.2, -0.15) is 0 Å². The Morgan fingerprint density at radius 3 is 2.21 bits per heavy atom. The van der Waals surface area contributed by atoms with Gasteiger partial charge in [0.25, 0.3) is 0 Å². The molecule has 1 atom stereocenters. The molecule has 2 aromatic rings. The van der Waals surface area contributed by atoms with Crippen LogP contribution < -0.4 is 5.32 Å². The number of amides is 1. The van der Waals surface area contributed by atoms with Gasteiger partial charge in [0.2, 0.25) is 0 Å². The molecule has 1 fully saturated rings. The molecule has 10 heteroatoms. The molecule has 38 heavy (non-hydrogen) atoms. The van der Waals surface area contributed by atoms with Crippen molar-refractivity contribution in [1.29, 1.82) is 0 Å². The maximum Gasteiger partial charge on any atom is 0.408 e. The van der Waals surface area contributed by atoms with Gasteiger partial charge in [0.1, 0.15) is 17.2 Å². The molecule has 0 spiro atoms. The maximum atomic E-state index is 13.7. The van der Waals surface area contributed by atoms with Crippen LogP contribution in [0.15, 0.2) is 4.52 Å². The first-order valence-corrected chi connectivity index (χ1v) is 13.8. The van der Waals surface area contributed by atoms with E-state index in [-0.39, 0.29) is 23.9 Å². The Morgan fingerprint density at radius 1 is 1.03 bits per heavy atom. The fourth-order valence-corrected chi connectivity index (χ4v) is 5.64. The number of hydrogen-bond acceptors (Lipinski definition) is 9. The van der Waals surface area contributed by atoms with Gasteiger partial charge in [-0.15, -0.1) is 11.3 Å². The van der Waals surface area contributed by atoms with Gasteiger partial charge in [0, 0.05) is 29.6 Å². The summed E-state index contributed by atoms with van der Waals surface area (Å²) >= 11 is 1.48. The van der Waals surface area contributed by atoms with Crippen molar-refractivity contribution >= 4 is 29.2 Å². The van der Waals surface area contributed by atoms with Crippen LogP contribution in [0.3, 0.4) is 0 Å². The third-order valence-corrected chi connectivity index (χ3v) is 7.36. The van der Waals surface area contributed by atoms with Gasteiger partial charge in [-0.3, -0.25) is 9.59 Å². The van der Waals surface area contributed by atoms with Crippen LogP contribution in [-0.4, -0.2) is 47.4 Å².